The van der Waals surface area contributed by atoms with E-state index in [1.54, 1.807) is 18.3 Å². The number of benzene rings is 1. The van der Waals surface area contributed by atoms with E-state index in [-0.39, 0.29) is 0 Å². The van der Waals surface area contributed by atoms with Gasteiger partial charge in [0.2, 0.25) is 5.91 Å². The van der Waals surface area contributed by atoms with E-state index in [0.717, 1.165) is 11.1 Å². The van der Waals surface area contributed by atoms with Crippen molar-refractivity contribution in [3.05, 3.63) is 53.3 Å². The number of hydrogen-bond acceptors (Lipinski definition) is 2. The molecule has 1 amide bonds. The van der Waals surface area contributed by atoms with Crippen LogP contribution in [-0.2, 0) is 0 Å². The van der Waals surface area contributed by atoms with E-state index >= 15 is 0 Å². The van der Waals surface area contributed by atoms with Crippen molar-refractivity contribution in [1.29, 1.82) is 0 Å². The summed E-state index contributed by atoms with van der Waals surface area (Å²) >= 11 is 6.05. The topological polar surface area (TPSA) is 56.0 Å². The Kier molecular flexibility index (Phi) is 2.88. The van der Waals surface area contributed by atoms with E-state index in [9.17, 15) is 4.79 Å². The molecule has 0 saturated carbocycles. The van der Waals surface area contributed by atoms with Gasteiger partial charge in [-0.1, -0.05) is 29.8 Å². The lowest BCUT2D eigenvalue weighted by Crippen LogP contribution is -2.11. The number of primary amides is 1. The summed E-state index contributed by atoms with van der Waals surface area (Å²) in [7, 11) is 0. The normalized spacial score (nSPS) is 10.1. The minimum Gasteiger partial charge on any atom is -0.366 e. The van der Waals surface area contributed by atoms with E-state index in [2.05, 4.69) is 4.98 Å². The highest BCUT2D eigenvalue weighted by atomic mass is 35.5. The van der Waals surface area contributed by atoms with Gasteiger partial charge in [0.05, 0.1) is 5.56 Å². The summed E-state index contributed by atoms with van der Waals surface area (Å²) in [5.41, 5.74) is 7.17. The molecule has 80 valence electrons. The Morgan fingerprint density at radius 3 is 2.69 bits per heavy atom. The third-order valence-electron chi connectivity index (χ3n) is 2.21. The Morgan fingerprint density at radius 2 is 2.00 bits per heavy atom. The Bertz CT molecular complexity index is 540. The maximum atomic E-state index is 11.0. The molecule has 0 atom stereocenters. The predicted octanol–water partition coefficient (Wildman–Crippen LogP) is 2.50. The first kappa shape index (κ1) is 10.6. The minimum atomic E-state index is -0.499. The number of carbonyl (C=O) groups excluding carboxylic acids is 1. The molecule has 16 heavy (non-hydrogen) atoms. The highest BCUT2D eigenvalue weighted by Crippen LogP contribution is 2.27. The van der Waals surface area contributed by atoms with Gasteiger partial charge in [0.25, 0.3) is 0 Å². The average Bonchev–Trinajstić information content (AvgIpc) is 2.30. The molecule has 3 nitrogen and oxygen atoms in total. The molecular weight excluding hydrogens is 224 g/mol. The molecule has 0 aliphatic carbocycles. The van der Waals surface area contributed by atoms with Gasteiger partial charge in [0.1, 0.15) is 0 Å². The maximum absolute atomic E-state index is 11.0. The van der Waals surface area contributed by atoms with Crippen molar-refractivity contribution in [1.82, 2.24) is 4.98 Å². The van der Waals surface area contributed by atoms with Gasteiger partial charge in [-0.05, 0) is 12.1 Å². The van der Waals surface area contributed by atoms with Gasteiger partial charge in [0.15, 0.2) is 0 Å². The number of amides is 1. The monoisotopic (exact) mass is 232 g/mol. The Labute approximate surface area is 97.9 Å². The van der Waals surface area contributed by atoms with Crippen molar-refractivity contribution in [3.8, 4) is 11.1 Å². The number of aromatic nitrogens is 1. The van der Waals surface area contributed by atoms with Gasteiger partial charge in [0, 0.05) is 28.5 Å². The van der Waals surface area contributed by atoms with E-state index in [1.165, 1.54) is 6.20 Å². The van der Waals surface area contributed by atoms with Gasteiger partial charge in [-0.3, -0.25) is 9.78 Å². The Morgan fingerprint density at radius 1 is 1.25 bits per heavy atom. The first-order valence-electron chi connectivity index (χ1n) is 4.68. The largest absolute Gasteiger partial charge is 0.366 e. The Hall–Kier alpha value is -1.87. The van der Waals surface area contributed by atoms with Gasteiger partial charge in [-0.2, -0.15) is 0 Å². The van der Waals surface area contributed by atoms with E-state index in [0.29, 0.717) is 10.6 Å². The second kappa shape index (κ2) is 4.33. The van der Waals surface area contributed by atoms with Crippen LogP contribution in [0.4, 0.5) is 0 Å². The SMILES string of the molecule is NC(=O)c1cncc(-c2ccccc2Cl)c1. The van der Waals surface area contributed by atoms with Crippen LogP contribution in [0.1, 0.15) is 10.4 Å². The van der Waals surface area contributed by atoms with Crippen LogP contribution in [0, 0.1) is 0 Å². The lowest BCUT2D eigenvalue weighted by molar-refractivity contribution is 0.1000. The van der Waals surface area contributed by atoms with Crippen molar-refractivity contribution in [2.24, 2.45) is 5.73 Å². The highest BCUT2D eigenvalue weighted by Gasteiger charge is 2.06. The van der Waals surface area contributed by atoms with Crippen molar-refractivity contribution < 1.29 is 4.79 Å². The number of nitrogens with two attached hydrogens (primary N) is 1. The van der Waals surface area contributed by atoms with Crippen molar-refractivity contribution in [2.45, 2.75) is 0 Å². The molecule has 0 aliphatic heterocycles. The summed E-state index contributed by atoms with van der Waals surface area (Å²) in [6, 6.07) is 9.05. The number of rotatable bonds is 2. The van der Waals surface area contributed by atoms with Crippen LogP contribution in [0.3, 0.4) is 0 Å². The highest BCUT2D eigenvalue weighted by molar-refractivity contribution is 6.33. The van der Waals surface area contributed by atoms with Gasteiger partial charge in [-0.15, -0.1) is 0 Å². The van der Waals surface area contributed by atoms with Crippen LogP contribution in [0.5, 0.6) is 0 Å². The molecule has 0 radical (unpaired) electrons. The predicted molar refractivity (Wildman–Crippen MR) is 63.2 cm³/mol. The molecule has 0 saturated heterocycles. The second-order valence-corrected chi connectivity index (χ2v) is 3.71. The molecule has 0 unspecified atom stereocenters. The maximum Gasteiger partial charge on any atom is 0.250 e. The summed E-state index contributed by atoms with van der Waals surface area (Å²) < 4.78 is 0. The zero-order chi connectivity index (χ0) is 11.5. The molecule has 1 heterocycles. The number of pyridine rings is 1. The first-order chi connectivity index (χ1) is 7.68. The molecule has 2 rings (SSSR count). The smallest absolute Gasteiger partial charge is 0.250 e. The van der Waals surface area contributed by atoms with Crippen LogP contribution in [-0.4, -0.2) is 10.9 Å². The van der Waals surface area contributed by atoms with Crippen molar-refractivity contribution in [3.63, 3.8) is 0 Å². The van der Waals surface area contributed by atoms with Crippen LogP contribution >= 0.6 is 11.6 Å². The third-order valence-corrected chi connectivity index (χ3v) is 2.54. The summed E-state index contributed by atoms with van der Waals surface area (Å²) in [5, 5.41) is 0.617. The molecule has 0 fully saturated rings. The Balaban J connectivity index is 2.53. The number of halogens is 1. The fourth-order valence-electron chi connectivity index (χ4n) is 1.42. The molecule has 1 aromatic heterocycles. The summed E-state index contributed by atoms with van der Waals surface area (Å²) in [5.74, 6) is -0.499. The molecule has 2 aromatic rings. The van der Waals surface area contributed by atoms with Crippen LogP contribution in [0.2, 0.25) is 5.02 Å². The number of nitrogens with zero attached hydrogens (tertiary/aromatic N) is 1. The fraction of sp³-hybridized carbons (Fsp3) is 0. The lowest BCUT2D eigenvalue weighted by Gasteiger charge is -2.04. The van der Waals surface area contributed by atoms with Gasteiger partial charge in [-0.25, -0.2) is 0 Å². The minimum absolute atomic E-state index is 0.373. The van der Waals surface area contributed by atoms with Gasteiger partial charge >= 0.3 is 0 Å². The van der Waals surface area contributed by atoms with Crippen molar-refractivity contribution >= 4 is 17.5 Å². The molecule has 2 N–H and O–H groups in total. The van der Waals surface area contributed by atoms with Crippen molar-refractivity contribution in [2.75, 3.05) is 0 Å². The molecule has 4 heteroatoms. The van der Waals surface area contributed by atoms with Crippen LogP contribution < -0.4 is 5.73 Å². The summed E-state index contributed by atoms with van der Waals surface area (Å²) in [6.45, 7) is 0. The molecular formula is C12H9ClN2O. The lowest BCUT2D eigenvalue weighted by atomic mass is 10.1. The van der Waals surface area contributed by atoms with Crippen LogP contribution in [0.15, 0.2) is 42.7 Å². The van der Waals surface area contributed by atoms with Gasteiger partial charge < -0.3 is 5.73 Å². The number of carbonyl (C=O) groups is 1. The second-order valence-electron chi connectivity index (χ2n) is 3.31. The van der Waals surface area contributed by atoms with E-state index < -0.39 is 5.91 Å². The first-order valence-corrected chi connectivity index (χ1v) is 5.06. The molecule has 0 bridgehead atoms. The number of hydrogen-bond donors (Lipinski definition) is 1. The standard InChI is InChI=1S/C12H9ClN2O/c13-11-4-2-1-3-10(11)8-5-9(12(14)16)7-15-6-8/h1-7H,(H2,14,16). The summed E-state index contributed by atoms with van der Waals surface area (Å²) in [4.78, 5) is 15.0. The molecule has 0 spiro atoms. The quantitative estimate of drug-likeness (QED) is 0.865. The fourth-order valence-corrected chi connectivity index (χ4v) is 1.66. The molecule has 1 aromatic carbocycles. The molecule has 0 aliphatic rings. The summed E-state index contributed by atoms with van der Waals surface area (Å²) in [6.07, 6.45) is 3.08. The van der Waals surface area contributed by atoms with Crippen LogP contribution in [0.25, 0.3) is 11.1 Å². The third kappa shape index (κ3) is 2.04. The average molecular weight is 233 g/mol. The zero-order valence-corrected chi connectivity index (χ0v) is 9.11. The zero-order valence-electron chi connectivity index (χ0n) is 8.35. The van der Waals surface area contributed by atoms with E-state index in [4.69, 9.17) is 17.3 Å². The van der Waals surface area contributed by atoms with E-state index in [1.807, 2.05) is 18.2 Å².